The number of carbonyl (C=O) groups excluding carboxylic acids is 1. The molecule has 0 saturated heterocycles. The summed E-state index contributed by atoms with van der Waals surface area (Å²) in [5.74, 6) is -0.0998. The van der Waals surface area contributed by atoms with E-state index in [-0.39, 0.29) is 18.8 Å². The van der Waals surface area contributed by atoms with Crippen molar-refractivity contribution in [1.82, 2.24) is 0 Å². The van der Waals surface area contributed by atoms with Crippen molar-refractivity contribution in [2.45, 2.75) is 33.2 Å². The van der Waals surface area contributed by atoms with Crippen LogP contribution in [0.1, 0.15) is 41.7 Å². The Kier molecular flexibility index (Phi) is 11.5. The number of benzene rings is 3. The summed E-state index contributed by atoms with van der Waals surface area (Å²) in [6, 6.07) is 18.9. The first kappa shape index (κ1) is 31.7. The van der Waals surface area contributed by atoms with Gasteiger partial charge in [0, 0.05) is 11.1 Å². The van der Waals surface area contributed by atoms with Crippen molar-refractivity contribution in [1.29, 1.82) is 0 Å². The minimum Gasteiger partial charge on any atom is -0.503 e. The predicted molar refractivity (Wildman–Crippen MR) is 152 cm³/mol. The summed E-state index contributed by atoms with van der Waals surface area (Å²) in [6.45, 7) is 3.82. The number of halogens is 3. The van der Waals surface area contributed by atoms with Crippen LogP contribution in [-0.4, -0.2) is 38.2 Å². The van der Waals surface area contributed by atoms with Crippen molar-refractivity contribution in [2.24, 2.45) is 10.3 Å². The maximum absolute atomic E-state index is 13.0. The molecule has 222 valence electrons. The molecule has 3 aromatic rings. The normalized spacial score (nSPS) is 12.5. The van der Waals surface area contributed by atoms with Crippen LogP contribution < -0.4 is 4.74 Å². The van der Waals surface area contributed by atoms with Crippen LogP contribution in [0, 0.1) is 0 Å². The smallest absolute Gasteiger partial charge is 0.416 e. The summed E-state index contributed by atoms with van der Waals surface area (Å²) in [5, 5.41) is 8.37. The Morgan fingerprint density at radius 2 is 1.64 bits per heavy atom. The van der Waals surface area contributed by atoms with Crippen LogP contribution in [0.4, 0.5) is 13.2 Å². The van der Waals surface area contributed by atoms with Gasteiger partial charge in [-0.3, -0.25) is 0 Å². The zero-order valence-corrected chi connectivity index (χ0v) is 23.6. The SMILES string of the molecule is CCO/N=C(/C(C)=N/OCc1ccccc1C(=COC)C(=O)OC)c1ccc(OCc2cccc(C(F)(F)F)c2)cc1. The van der Waals surface area contributed by atoms with Gasteiger partial charge in [-0.1, -0.05) is 46.7 Å². The zero-order valence-electron chi connectivity index (χ0n) is 23.6. The fraction of sp³-hybridized carbons (Fsp3) is 0.258. The minimum absolute atomic E-state index is 0.0315. The molecule has 0 saturated carbocycles. The van der Waals surface area contributed by atoms with E-state index >= 15 is 0 Å². The lowest BCUT2D eigenvalue weighted by Crippen LogP contribution is -2.14. The zero-order chi connectivity index (χ0) is 30.5. The Bertz CT molecular complexity index is 1430. The third-order valence-corrected chi connectivity index (χ3v) is 5.79. The summed E-state index contributed by atoms with van der Waals surface area (Å²) >= 11 is 0. The molecule has 0 amide bonds. The Morgan fingerprint density at radius 3 is 2.31 bits per heavy atom. The van der Waals surface area contributed by atoms with E-state index in [0.29, 0.717) is 46.0 Å². The number of carbonyl (C=O) groups is 1. The lowest BCUT2D eigenvalue weighted by Gasteiger charge is -2.12. The van der Waals surface area contributed by atoms with Crippen LogP contribution >= 0.6 is 0 Å². The predicted octanol–water partition coefficient (Wildman–Crippen LogP) is 6.78. The fourth-order valence-corrected chi connectivity index (χ4v) is 3.77. The third-order valence-electron chi connectivity index (χ3n) is 5.79. The molecule has 0 heterocycles. The van der Waals surface area contributed by atoms with E-state index in [9.17, 15) is 18.0 Å². The van der Waals surface area contributed by atoms with Gasteiger partial charge in [0.2, 0.25) is 0 Å². The number of oxime groups is 2. The van der Waals surface area contributed by atoms with Crippen molar-refractivity contribution in [3.05, 3.63) is 107 Å². The van der Waals surface area contributed by atoms with Crippen LogP contribution in [0.5, 0.6) is 5.75 Å². The molecule has 42 heavy (non-hydrogen) atoms. The summed E-state index contributed by atoms with van der Waals surface area (Å²) in [4.78, 5) is 23.2. The molecular weight excluding hydrogens is 553 g/mol. The lowest BCUT2D eigenvalue weighted by molar-refractivity contribution is -0.137. The van der Waals surface area contributed by atoms with Crippen LogP contribution in [-0.2, 0) is 43.3 Å². The van der Waals surface area contributed by atoms with E-state index in [2.05, 4.69) is 10.3 Å². The highest BCUT2D eigenvalue weighted by Crippen LogP contribution is 2.30. The molecule has 0 aliphatic carbocycles. The Labute approximate surface area is 242 Å². The fourth-order valence-electron chi connectivity index (χ4n) is 3.77. The minimum atomic E-state index is -4.42. The molecule has 0 aliphatic heterocycles. The molecule has 0 bridgehead atoms. The molecular formula is C31H31F3N2O6. The molecule has 11 heteroatoms. The molecule has 0 fully saturated rings. The maximum Gasteiger partial charge on any atom is 0.416 e. The van der Waals surface area contributed by atoms with E-state index in [1.165, 1.54) is 26.5 Å². The second-order valence-electron chi connectivity index (χ2n) is 8.73. The number of nitrogens with zero attached hydrogens (tertiary/aromatic N) is 2. The summed E-state index contributed by atoms with van der Waals surface area (Å²) < 4.78 is 54.5. The highest BCUT2D eigenvalue weighted by molar-refractivity contribution is 6.47. The standard InChI is InChI=1S/C31H31F3N2O6/c1-5-41-36-29(21(2)35-42-19-24-10-6-7-12-27(24)28(20-38-3)30(37)39-4)23-13-15-26(16-14-23)40-18-22-9-8-11-25(17-22)31(32,33)34/h6-17,20H,5,18-19H2,1-4H3/b28-20?,35-21+,36-29-. The van der Waals surface area contributed by atoms with Crippen LogP contribution in [0.3, 0.4) is 0 Å². The molecule has 3 rings (SSSR count). The van der Waals surface area contributed by atoms with Gasteiger partial charge in [-0.25, -0.2) is 4.79 Å². The van der Waals surface area contributed by atoms with Gasteiger partial charge >= 0.3 is 12.1 Å². The van der Waals surface area contributed by atoms with Crippen molar-refractivity contribution in [3.63, 3.8) is 0 Å². The average Bonchev–Trinajstić information content (AvgIpc) is 2.99. The highest BCUT2D eigenvalue weighted by Gasteiger charge is 2.30. The molecule has 0 unspecified atom stereocenters. The first-order valence-electron chi connectivity index (χ1n) is 12.8. The first-order valence-corrected chi connectivity index (χ1v) is 12.8. The summed E-state index contributed by atoms with van der Waals surface area (Å²) in [6.07, 6.45) is -3.12. The Hall–Kier alpha value is -4.80. The van der Waals surface area contributed by atoms with E-state index < -0.39 is 17.7 Å². The van der Waals surface area contributed by atoms with E-state index in [1.54, 1.807) is 68.4 Å². The van der Waals surface area contributed by atoms with Crippen LogP contribution in [0.15, 0.2) is 89.4 Å². The topological polar surface area (TPSA) is 87.9 Å². The third kappa shape index (κ3) is 8.85. The Balaban J connectivity index is 1.73. The molecule has 0 atom stereocenters. The first-order chi connectivity index (χ1) is 20.2. The monoisotopic (exact) mass is 584 g/mol. The quantitative estimate of drug-likeness (QED) is 0.0724. The maximum atomic E-state index is 13.0. The number of methoxy groups -OCH3 is 2. The van der Waals surface area contributed by atoms with Gasteiger partial charge in [0.1, 0.15) is 42.6 Å². The number of hydrogen-bond acceptors (Lipinski definition) is 8. The number of esters is 1. The number of ether oxygens (including phenoxy) is 3. The van der Waals surface area contributed by atoms with Gasteiger partial charge in [-0.05, 0) is 61.4 Å². The van der Waals surface area contributed by atoms with Crippen molar-refractivity contribution >= 4 is 23.0 Å². The van der Waals surface area contributed by atoms with Gasteiger partial charge in [-0.2, -0.15) is 13.2 Å². The molecule has 0 N–H and O–H groups in total. The molecule has 0 radical (unpaired) electrons. The molecule has 8 nitrogen and oxygen atoms in total. The average molecular weight is 585 g/mol. The van der Waals surface area contributed by atoms with Crippen LogP contribution in [0.2, 0.25) is 0 Å². The second-order valence-corrected chi connectivity index (χ2v) is 8.73. The molecule has 0 aromatic heterocycles. The largest absolute Gasteiger partial charge is 0.503 e. The number of hydrogen-bond donors (Lipinski definition) is 0. The van der Waals surface area contributed by atoms with Crippen LogP contribution in [0.25, 0.3) is 5.57 Å². The number of alkyl halides is 3. The number of rotatable bonds is 13. The lowest BCUT2D eigenvalue weighted by atomic mass is 10.0. The molecule has 3 aromatic carbocycles. The van der Waals surface area contributed by atoms with Gasteiger partial charge in [0.15, 0.2) is 0 Å². The second kappa shape index (κ2) is 15.3. The summed E-state index contributed by atoms with van der Waals surface area (Å²) in [7, 11) is 2.72. The van der Waals surface area contributed by atoms with Gasteiger partial charge in [0.05, 0.1) is 26.0 Å². The molecule has 0 aliphatic rings. The Morgan fingerprint density at radius 1 is 0.905 bits per heavy atom. The van der Waals surface area contributed by atoms with E-state index in [0.717, 1.165) is 12.1 Å². The van der Waals surface area contributed by atoms with Crippen molar-refractivity contribution in [2.75, 3.05) is 20.8 Å². The van der Waals surface area contributed by atoms with Crippen molar-refractivity contribution < 1.29 is 41.9 Å². The van der Waals surface area contributed by atoms with E-state index in [4.69, 9.17) is 23.9 Å². The van der Waals surface area contributed by atoms with E-state index in [1.807, 2.05) is 0 Å². The van der Waals surface area contributed by atoms with Gasteiger partial charge in [-0.15, -0.1) is 0 Å². The summed E-state index contributed by atoms with van der Waals surface area (Å²) in [5.41, 5.74) is 2.61. The van der Waals surface area contributed by atoms with Crippen molar-refractivity contribution in [3.8, 4) is 5.75 Å². The molecule has 0 spiro atoms. The van der Waals surface area contributed by atoms with Gasteiger partial charge < -0.3 is 23.9 Å². The highest BCUT2D eigenvalue weighted by atomic mass is 19.4. The van der Waals surface area contributed by atoms with Gasteiger partial charge in [0.25, 0.3) is 0 Å².